The van der Waals surface area contributed by atoms with Gasteiger partial charge in [0.1, 0.15) is 0 Å². The van der Waals surface area contributed by atoms with Crippen LogP contribution in [-0.4, -0.2) is 28.6 Å². The topological polar surface area (TPSA) is 75.4 Å². The lowest BCUT2D eigenvalue weighted by molar-refractivity contribution is 0.0884. The molecule has 1 aliphatic carbocycles. The molecule has 1 fully saturated rings. The van der Waals surface area contributed by atoms with Crippen molar-refractivity contribution in [2.75, 3.05) is 6.54 Å². The van der Waals surface area contributed by atoms with E-state index in [4.69, 9.17) is 4.42 Å². The number of amides is 1. The summed E-state index contributed by atoms with van der Waals surface area (Å²) in [6, 6.07) is 0. The maximum atomic E-state index is 11.9. The summed E-state index contributed by atoms with van der Waals surface area (Å²) in [5, 5.41) is 12.3. The Balaban J connectivity index is 1.83. The van der Waals surface area contributed by atoms with Crippen molar-refractivity contribution < 1.29 is 14.3 Å². The normalized spacial score (nSPS) is 23.9. The average molecular weight is 252 g/mol. The molecule has 100 valence electrons. The summed E-state index contributed by atoms with van der Waals surface area (Å²) in [5.74, 6) is 1.09. The summed E-state index contributed by atoms with van der Waals surface area (Å²) in [6.07, 6.45) is 3.45. The maximum absolute atomic E-state index is 11.9. The lowest BCUT2D eigenvalue weighted by atomic mass is 9.87. The van der Waals surface area contributed by atoms with E-state index in [0.29, 0.717) is 29.8 Å². The van der Waals surface area contributed by atoms with E-state index in [9.17, 15) is 9.90 Å². The molecule has 1 aromatic heterocycles. The van der Waals surface area contributed by atoms with Crippen molar-refractivity contribution in [2.24, 2.45) is 5.92 Å². The van der Waals surface area contributed by atoms with Crippen molar-refractivity contribution in [3.05, 3.63) is 17.3 Å². The molecule has 0 unspecified atom stereocenters. The van der Waals surface area contributed by atoms with Gasteiger partial charge in [-0.1, -0.05) is 0 Å². The third kappa shape index (κ3) is 3.10. The van der Waals surface area contributed by atoms with E-state index in [2.05, 4.69) is 10.3 Å². The molecule has 1 heterocycles. The highest BCUT2D eigenvalue weighted by Gasteiger charge is 2.21. The zero-order chi connectivity index (χ0) is 13.1. The molecule has 1 aromatic rings. The Labute approximate surface area is 107 Å². The fourth-order valence-electron chi connectivity index (χ4n) is 2.41. The number of nitrogens with one attached hydrogen (secondary N) is 1. The van der Waals surface area contributed by atoms with Gasteiger partial charge in [0, 0.05) is 13.5 Å². The minimum Gasteiger partial charge on any atom is -0.436 e. The number of aliphatic hydroxyl groups excluding tert-OH is 1. The summed E-state index contributed by atoms with van der Waals surface area (Å²) < 4.78 is 5.27. The number of hydrogen-bond acceptors (Lipinski definition) is 4. The Morgan fingerprint density at radius 2 is 2.06 bits per heavy atom. The van der Waals surface area contributed by atoms with Gasteiger partial charge in [-0.05, 0) is 38.5 Å². The number of nitrogens with zero attached hydrogens (tertiary/aromatic N) is 1. The molecule has 1 aliphatic rings. The van der Waals surface area contributed by atoms with Gasteiger partial charge in [0.2, 0.25) is 5.76 Å². The first kappa shape index (κ1) is 13.1. The van der Waals surface area contributed by atoms with Crippen LogP contribution in [0.5, 0.6) is 0 Å². The smallest absolute Gasteiger partial charge is 0.289 e. The zero-order valence-electron chi connectivity index (χ0n) is 10.9. The Morgan fingerprint density at radius 1 is 1.39 bits per heavy atom. The molecule has 1 saturated carbocycles. The second kappa shape index (κ2) is 5.52. The van der Waals surface area contributed by atoms with Gasteiger partial charge >= 0.3 is 0 Å². The fourth-order valence-corrected chi connectivity index (χ4v) is 2.41. The third-order valence-corrected chi connectivity index (χ3v) is 3.48. The monoisotopic (exact) mass is 252 g/mol. The lowest BCUT2D eigenvalue weighted by Crippen LogP contribution is -2.32. The second-order valence-electron chi connectivity index (χ2n) is 5.03. The van der Waals surface area contributed by atoms with E-state index >= 15 is 0 Å². The highest BCUT2D eigenvalue weighted by atomic mass is 16.4. The van der Waals surface area contributed by atoms with Crippen LogP contribution in [0.3, 0.4) is 0 Å². The van der Waals surface area contributed by atoms with Gasteiger partial charge in [0.05, 0.1) is 11.8 Å². The highest BCUT2D eigenvalue weighted by molar-refractivity contribution is 5.92. The molecule has 5 heteroatoms. The molecule has 0 spiro atoms. The molecule has 5 nitrogen and oxygen atoms in total. The average Bonchev–Trinajstić information content (AvgIpc) is 2.67. The number of hydrogen-bond donors (Lipinski definition) is 2. The van der Waals surface area contributed by atoms with E-state index in [1.807, 2.05) is 0 Å². The first-order chi connectivity index (χ1) is 8.56. The molecule has 0 bridgehead atoms. The molecule has 0 radical (unpaired) electrons. The molecule has 18 heavy (non-hydrogen) atoms. The number of rotatable bonds is 3. The van der Waals surface area contributed by atoms with Crippen molar-refractivity contribution in [3.8, 4) is 0 Å². The van der Waals surface area contributed by atoms with Crippen LogP contribution in [0.2, 0.25) is 0 Å². The summed E-state index contributed by atoms with van der Waals surface area (Å²) in [7, 11) is 0. The van der Waals surface area contributed by atoms with E-state index in [1.165, 1.54) is 0 Å². The van der Waals surface area contributed by atoms with Crippen LogP contribution < -0.4 is 5.32 Å². The van der Waals surface area contributed by atoms with Crippen LogP contribution in [0.1, 0.15) is 47.8 Å². The van der Waals surface area contributed by atoms with Crippen LogP contribution in [0.15, 0.2) is 4.42 Å². The van der Waals surface area contributed by atoms with Gasteiger partial charge in [-0.25, -0.2) is 4.98 Å². The second-order valence-corrected chi connectivity index (χ2v) is 5.03. The molecule has 0 saturated heterocycles. The minimum absolute atomic E-state index is 0.156. The Kier molecular flexibility index (Phi) is 4.01. The standard InChI is InChI=1S/C13H20N2O3/c1-8-12(18-9(2)15-8)13(17)14-7-10-3-5-11(16)6-4-10/h10-11,16H,3-7H2,1-2H3,(H,14,17). The van der Waals surface area contributed by atoms with E-state index in [0.717, 1.165) is 25.7 Å². The van der Waals surface area contributed by atoms with E-state index in [-0.39, 0.29) is 12.0 Å². The van der Waals surface area contributed by atoms with Crippen molar-refractivity contribution in [2.45, 2.75) is 45.6 Å². The minimum atomic E-state index is -0.195. The molecule has 1 amide bonds. The summed E-state index contributed by atoms with van der Waals surface area (Å²) >= 11 is 0. The quantitative estimate of drug-likeness (QED) is 0.856. The van der Waals surface area contributed by atoms with Gasteiger partial charge in [-0.2, -0.15) is 0 Å². The van der Waals surface area contributed by atoms with Gasteiger partial charge < -0.3 is 14.8 Å². The van der Waals surface area contributed by atoms with Gasteiger partial charge in [0.15, 0.2) is 5.89 Å². The SMILES string of the molecule is Cc1nc(C)c(C(=O)NCC2CCC(O)CC2)o1. The molecule has 0 aliphatic heterocycles. The lowest BCUT2D eigenvalue weighted by Gasteiger charge is -2.25. The molecular formula is C13H20N2O3. The van der Waals surface area contributed by atoms with E-state index < -0.39 is 0 Å². The van der Waals surface area contributed by atoms with Crippen molar-refractivity contribution >= 4 is 5.91 Å². The molecule has 2 rings (SSSR count). The highest BCUT2D eigenvalue weighted by Crippen LogP contribution is 2.23. The number of carbonyl (C=O) groups excluding carboxylic acids is 1. The first-order valence-corrected chi connectivity index (χ1v) is 6.46. The van der Waals surface area contributed by atoms with E-state index in [1.54, 1.807) is 13.8 Å². The van der Waals surface area contributed by atoms with Crippen LogP contribution in [0, 0.1) is 19.8 Å². The summed E-state index contributed by atoms with van der Waals surface area (Å²) in [5.41, 5.74) is 0.629. The van der Waals surface area contributed by atoms with Crippen LogP contribution in [0.4, 0.5) is 0 Å². The predicted molar refractivity (Wildman–Crippen MR) is 66.3 cm³/mol. The van der Waals surface area contributed by atoms with Gasteiger partial charge in [-0.15, -0.1) is 0 Å². The number of aliphatic hydroxyl groups is 1. The van der Waals surface area contributed by atoms with Gasteiger partial charge in [0.25, 0.3) is 5.91 Å². The molecule has 2 N–H and O–H groups in total. The number of carbonyl (C=O) groups is 1. The molecule has 0 atom stereocenters. The summed E-state index contributed by atoms with van der Waals surface area (Å²) in [6.45, 7) is 4.14. The van der Waals surface area contributed by atoms with Crippen LogP contribution in [0.25, 0.3) is 0 Å². The largest absolute Gasteiger partial charge is 0.436 e. The third-order valence-electron chi connectivity index (χ3n) is 3.48. The van der Waals surface area contributed by atoms with Gasteiger partial charge in [-0.3, -0.25) is 4.79 Å². The van der Waals surface area contributed by atoms with Crippen molar-refractivity contribution in [1.82, 2.24) is 10.3 Å². The molecular weight excluding hydrogens is 232 g/mol. The van der Waals surface area contributed by atoms with Crippen molar-refractivity contribution in [3.63, 3.8) is 0 Å². The Hall–Kier alpha value is -1.36. The summed E-state index contributed by atoms with van der Waals surface area (Å²) in [4.78, 5) is 16.0. The number of oxazole rings is 1. The Bertz CT molecular complexity index is 420. The number of aromatic nitrogens is 1. The fraction of sp³-hybridized carbons (Fsp3) is 0.692. The zero-order valence-corrected chi connectivity index (χ0v) is 10.9. The predicted octanol–water partition coefficient (Wildman–Crippen LogP) is 1.57. The van der Waals surface area contributed by atoms with Crippen LogP contribution >= 0.6 is 0 Å². The first-order valence-electron chi connectivity index (χ1n) is 6.46. The van der Waals surface area contributed by atoms with Crippen LogP contribution in [-0.2, 0) is 0 Å². The van der Waals surface area contributed by atoms with Crippen molar-refractivity contribution in [1.29, 1.82) is 0 Å². The molecule has 0 aromatic carbocycles. The Morgan fingerprint density at radius 3 is 2.61 bits per heavy atom. The maximum Gasteiger partial charge on any atom is 0.289 e. The number of aryl methyl sites for hydroxylation is 2.